The molecule has 136 valence electrons. The Morgan fingerprint density at radius 3 is 2.96 bits per heavy atom. The number of allylic oxidation sites excluding steroid dienone is 1. The number of ether oxygens (including phenoxy) is 1. The molecule has 0 unspecified atom stereocenters. The summed E-state index contributed by atoms with van der Waals surface area (Å²) in [7, 11) is 1.56. The third kappa shape index (κ3) is 2.48. The number of rotatable bonds is 2. The Morgan fingerprint density at radius 2 is 2.07 bits per heavy atom. The Kier molecular flexibility index (Phi) is 3.63. The van der Waals surface area contributed by atoms with Crippen LogP contribution in [0.2, 0.25) is 0 Å². The molecule has 6 nitrogen and oxygen atoms in total. The van der Waals surface area contributed by atoms with Crippen molar-refractivity contribution in [3.8, 4) is 11.5 Å². The highest BCUT2D eigenvalue weighted by Crippen LogP contribution is 2.44. The van der Waals surface area contributed by atoms with Gasteiger partial charge in [0, 0.05) is 5.56 Å². The molecule has 1 aromatic heterocycles. The molecule has 0 spiro atoms. The van der Waals surface area contributed by atoms with Gasteiger partial charge in [0.05, 0.1) is 12.8 Å². The maximum absolute atomic E-state index is 10.0. The average molecular weight is 360 g/mol. The van der Waals surface area contributed by atoms with Gasteiger partial charge in [-0.1, -0.05) is 30.3 Å². The van der Waals surface area contributed by atoms with Crippen LogP contribution in [0, 0.1) is 0 Å². The molecule has 0 amide bonds. The van der Waals surface area contributed by atoms with E-state index in [2.05, 4.69) is 39.7 Å². The minimum absolute atomic E-state index is 0.0839. The van der Waals surface area contributed by atoms with Crippen molar-refractivity contribution in [1.82, 2.24) is 14.8 Å². The highest BCUT2D eigenvalue weighted by atomic mass is 16.5. The van der Waals surface area contributed by atoms with E-state index in [-0.39, 0.29) is 11.8 Å². The number of nitrogens with zero attached hydrogens (tertiary/aromatic N) is 3. The van der Waals surface area contributed by atoms with Crippen LogP contribution < -0.4 is 10.1 Å². The Morgan fingerprint density at radius 1 is 1.19 bits per heavy atom. The van der Waals surface area contributed by atoms with E-state index >= 15 is 0 Å². The van der Waals surface area contributed by atoms with Crippen LogP contribution in [0.1, 0.15) is 35.6 Å². The molecule has 1 aliphatic carbocycles. The number of aryl methyl sites for hydroxylation is 1. The number of aromatic hydroxyl groups is 1. The molecule has 0 bridgehead atoms. The van der Waals surface area contributed by atoms with Crippen LogP contribution in [0.4, 0.5) is 5.95 Å². The van der Waals surface area contributed by atoms with Gasteiger partial charge >= 0.3 is 0 Å². The monoisotopic (exact) mass is 360 g/mol. The van der Waals surface area contributed by atoms with E-state index in [1.54, 1.807) is 19.5 Å². The first-order valence-electron chi connectivity index (χ1n) is 9.11. The second-order valence-corrected chi connectivity index (χ2v) is 6.90. The molecular weight excluding hydrogens is 340 g/mol. The predicted molar refractivity (Wildman–Crippen MR) is 103 cm³/mol. The van der Waals surface area contributed by atoms with Crippen molar-refractivity contribution in [3.63, 3.8) is 0 Å². The molecule has 6 heteroatoms. The molecule has 0 saturated carbocycles. The molecule has 2 N–H and O–H groups in total. The first kappa shape index (κ1) is 15.9. The number of hydrogen-bond acceptors (Lipinski definition) is 5. The van der Waals surface area contributed by atoms with Gasteiger partial charge in [-0.15, -0.1) is 0 Å². The number of benzene rings is 2. The summed E-state index contributed by atoms with van der Waals surface area (Å²) < 4.78 is 7.25. The molecule has 2 heterocycles. The lowest BCUT2D eigenvalue weighted by molar-refractivity contribution is 0.372. The van der Waals surface area contributed by atoms with Gasteiger partial charge in [-0.25, -0.2) is 4.68 Å². The maximum Gasteiger partial charge on any atom is 0.226 e. The summed E-state index contributed by atoms with van der Waals surface area (Å²) in [5, 5.41) is 18.0. The summed E-state index contributed by atoms with van der Waals surface area (Å²) in [6.07, 6.45) is 4.66. The summed E-state index contributed by atoms with van der Waals surface area (Å²) in [5.74, 6) is 1.32. The second kappa shape index (κ2) is 6.16. The van der Waals surface area contributed by atoms with Gasteiger partial charge in [0.1, 0.15) is 12.4 Å². The van der Waals surface area contributed by atoms with E-state index in [0.29, 0.717) is 5.75 Å². The fourth-order valence-corrected chi connectivity index (χ4v) is 4.17. The Balaban J connectivity index is 1.73. The van der Waals surface area contributed by atoms with Crippen molar-refractivity contribution in [2.75, 3.05) is 12.4 Å². The zero-order valence-corrected chi connectivity index (χ0v) is 15.0. The van der Waals surface area contributed by atoms with Crippen LogP contribution in [-0.4, -0.2) is 27.0 Å². The number of aromatic nitrogens is 3. The zero-order chi connectivity index (χ0) is 18.4. The topological polar surface area (TPSA) is 72.2 Å². The summed E-state index contributed by atoms with van der Waals surface area (Å²) >= 11 is 0. The first-order valence-corrected chi connectivity index (χ1v) is 9.11. The number of anilines is 1. The first-order chi connectivity index (χ1) is 13.3. The Bertz CT molecular complexity index is 1050. The van der Waals surface area contributed by atoms with Gasteiger partial charge < -0.3 is 15.2 Å². The van der Waals surface area contributed by atoms with Crippen LogP contribution in [0.15, 0.2) is 54.4 Å². The van der Waals surface area contributed by atoms with E-state index in [1.807, 2.05) is 16.8 Å². The van der Waals surface area contributed by atoms with Crippen molar-refractivity contribution in [2.45, 2.75) is 25.3 Å². The van der Waals surface area contributed by atoms with E-state index < -0.39 is 0 Å². The van der Waals surface area contributed by atoms with E-state index in [9.17, 15) is 5.11 Å². The third-order valence-electron chi connectivity index (χ3n) is 5.40. The molecule has 0 fully saturated rings. The van der Waals surface area contributed by atoms with Gasteiger partial charge in [0.15, 0.2) is 11.5 Å². The number of methoxy groups -OCH3 is 1. The van der Waals surface area contributed by atoms with Crippen molar-refractivity contribution in [3.05, 3.63) is 71.1 Å². The molecule has 0 radical (unpaired) electrons. The fourth-order valence-electron chi connectivity index (χ4n) is 4.17. The minimum atomic E-state index is -0.0839. The summed E-state index contributed by atoms with van der Waals surface area (Å²) in [6.45, 7) is 0. The summed E-state index contributed by atoms with van der Waals surface area (Å²) in [6, 6.07) is 14.0. The van der Waals surface area contributed by atoms with Crippen molar-refractivity contribution < 1.29 is 9.84 Å². The number of hydrogen-bond donors (Lipinski definition) is 2. The summed E-state index contributed by atoms with van der Waals surface area (Å²) in [4.78, 5) is 4.41. The Hall–Kier alpha value is -3.28. The molecule has 3 aromatic rings. The van der Waals surface area contributed by atoms with E-state index in [0.717, 1.165) is 36.5 Å². The number of phenols is 1. The lowest BCUT2D eigenvalue weighted by Crippen LogP contribution is -2.25. The maximum atomic E-state index is 10.0. The van der Waals surface area contributed by atoms with Crippen molar-refractivity contribution in [1.29, 1.82) is 0 Å². The summed E-state index contributed by atoms with van der Waals surface area (Å²) in [5.41, 5.74) is 6.01. The van der Waals surface area contributed by atoms with Gasteiger partial charge in [-0.05, 0) is 48.1 Å². The number of nitrogens with one attached hydrogen (secondary N) is 1. The predicted octanol–water partition coefficient (Wildman–Crippen LogP) is 3.75. The van der Waals surface area contributed by atoms with Crippen LogP contribution in [-0.2, 0) is 6.42 Å². The van der Waals surface area contributed by atoms with E-state index in [1.165, 1.54) is 16.7 Å². The van der Waals surface area contributed by atoms with Gasteiger partial charge in [-0.3, -0.25) is 0 Å². The quantitative estimate of drug-likeness (QED) is 0.728. The van der Waals surface area contributed by atoms with E-state index in [4.69, 9.17) is 4.74 Å². The molecular formula is C21H20N4O2. The molecule has 1 atom stereocenters. The second-order valence-electron chi connectivity index (χ2n) is 6.90. The van der Waals surface area contributed by atoms with Gasteiger partial charge in [0.25, 0.3) is 0 Å². The highest BCUT2D eigenvalue weighted by Gasteiger charge is 2.33. The lowest BCUT2D eigenvalue weighted by Gasteiger charge is -2.30. The van der Waals surface area contributed by atoms with Crippen LogP contribution >= 0.6 is 0 Å². The van der Waals surface area contributed by atoms with Crippen LogP contribution in [0.25, 0.3) is 5.70 Å². The number of fused-ring (bicyclic) bond motifs is 3. The molecule has 1 aliphatic heterocycles. The third-order valence-corrected chi connectivity index (χ3v) is 5.40. The van der Waals surface area contributed by atoms with Crippen LogP contribution in [0.5, 0.6) is 11.5 Å². The molecule has 2 aliphatic rings. The average Bonchev–Trinajstić information content (AvgIpc) is 3.08. The Labute approximate surface area is 157 Å². The SMILES string of the molecule is COc1cc([C@H]2C3=C(Nc4ncnn42)c2ccccc2CCC3)ccc1O. The van der Waals surface area contributed by atoms with Crippen LogP contribution in [0.3, 0.4) is 0 Å². The minimum Gasteiger partial charge on any atom is -0.504 e. The lowest BCUT2D eigenvalue weighted by atomic mass is 9.91. The standard InChI is InChI=1S/C21H20N4O2/c1-27-18-11-14(9-10-17(18)26)20-16-8-4-6-13-5-2-3-7-15(13)19(16)24-21-22-12-23-25(20)21/h2-3,5,7,9-12,20,26H,4,6,8H2,1H3,(H,22,23,24)/t20-/m0/s1. The molecule has 0 saturated heterocycles. The molecule has 5 rings (SSSR count). The largest absolute Gasteiger partial charge is 0.504 e. The fraction of sp³-hybridized carbons (Fsp3) is 0.238. The zero-order valence-electron chi connectivity index (χ0n) is 15.0. The van der Waals surface area contributed by atoms with Crippen molar-refractivity contribution >= 4 is 11.6 Å². The molecule has 27 heavy (non-hydrogen) atoms. The normalized spacial score (nSPS) is 18.0. The smallest absolute Gasteiger partial charge is 0.226 e. The van der Waals surface area contributed by atoms with Crippen molar-refractivity contribution in [2.24, 2.45) is 0 Å². The van der Waals surface area contributed by atoms with Gasteiger partial charge in [0.2, 0.25) is 5.95 Å². The molecule has 2 aromatic carbocycles. The number of phenolic OH excluding ortho intramolecular Hbond substituents is 1. The van der Waals surface area contributed by atoms with Gasteiger partial charge in [-0.2, -0.15) is 10.1 Å². The highest BCUT2D eigenvalue weighted by molar-refractivity contribution is 5.82.